The van der Waals surface area contributed by atoms with Crippen LogP contribution < -0.4 is 0 Å². The zero-order valence-electron chi connectivity index (χ0n) is 21.7. The first kappa shape index (κ1) is 23.9. The van der Waals surface area contributed by atoms with Crippen molar-refractivity contribution in [3.63, 3.8) is 0 Å². The molecular weight excluding hydrogens is 460 g/mol. The number of rotatable bonds is 6. The fraction of sp³-hybridized carbons (Fsp3) is 0.484. The lowest BCUT2D eigenvalue weighted by molar-refractivity contribution is -0.140. The Morgan fingerprint density at radius 2 is 1.70 bits per heavy atom. The summed E-state index contributed by atoms with van der Waals surface area (Å²) < 4.78 is 1.94. The van der Waals surface area contributed by atoms with Crippen molar-refractivity contribution >= 4 is 17.9 Å². The number of hydrogen-bond donors (Lipinski definition) is 0. The van der Waals surface area contributed by atoms with Gasteiger partial charge in [-0.25, -0.2) is 4.68 Å². The van der Waals surface area contributed by atoms with E-state index >= 15 is 0 Å². The molecule has 0 atom stereocenters. The van der Waals surface area contributed by atoms with E-state index < -0.39 is 5.91 Å². The highest BCUT2D eigenvalue weighted by Gasteiger charge is 2.53. The lowest BCUT2D eigenvalue weighted by Gasteiger charge is -2.56. The van der Waals surface area contributed by atoms with Crippen LogP contribution in [-0.4, -0.2) is 33.0 Å². The molecule has 190 valence electrons. The van der Waals surface area contributed by atoms with Crippen molar-refractivity contribution in [2.75, 3.05) is 6.54 Å². The second-order valence-corrected chi connectivity index (χ2v) is 11.7. The normalized spacial score (nSPS) is 29.9. The predicted octanol–water partition coefficient (Wildman–Crippen LogP) is 5.73. The summed E-state index contributed by atoms with van der Waals surface area (Å²) in [6.45, 7) is 4.08. The fourth-order valence-corrected chi connectivity index (χ4v) is 7.82. The zero-order valence-corrected chi connectivity index (χ0v) is 21.7. The number of benzene rings is 1. The molecule has 0 spiro atoms. The van der Waals surface area contributed by atoms with Crippen LogP contribution in [0, 0.1) is 29.1 Å². The predicted molar refractivity (Wildman–Crippen MR) is 141 cm³/mol. The molecule has 4 fully saturated rings. The van der Waals surface area contributed by atoms with Gasteiger partial charge in [-0.1, -0.05) is 31.5 Å². The third kappa shape index (κ3) is 3.96. The number of aromatic nitrogens is 2. The van der Waals surface area contributed by atoms with Crippen LogP contribution in [0.4, 0.5) is 0 Å². The monoisotopic (exact) mass is 494 g/mol. The van der Waals surface area contributed by atoms with E-state index in [4.69, 9.17) is 5.10 Å². The maximum Gasteiger partial charge on any atom is 0.271 e. The van der Waals surface area contributed by atoms with Gasteiger partial charge >= 0.3 is 0 Å². The van der Waals surface area contributed by atoms with Crippen molar-refractivity contribution in [2.24, 2.45) is 17.8 Å². The smallest absolute Gasteiger partial charge is 0.271 e. The standard InChI is InChI=1S/C31H34N4O2/c1-3-4-10-34-29(36)26(20(2)27(18-32)30(34)37)14-24-19-35(25-8-6-5-7-9-25)33-28(24)31-15-21-11-22(16-31)13-23(12-21)17-31/h5-9,14,19,21-23H,3-4,10-13,15-17H2,1-2H3/b26-14+. The van der Waals surface area contributed by atoms with Crippen LogP contribution >= 0.6 is 0 Å². The van der Waals surface area contributed by atoms with Crippen LogP contribution in [0.5, 0.6) is 0 Å². The molecule has 2 heterocycles. The van der Waals surface area contributed by atoms with Crippen LogP contribution in [0.15, 0.2) is 53.2 Å². The van der Waals surface area contributed by atoms with E-state index in [9.17, 15) is 14.9 Å². The summed E-state index contributed by atoms with van der Waals surface area (Å²) in [4.78, 5) is 27.8. The van der Waals surface area contributed by atoms with E-state index in [1.807, 2.05) is 54.2 Å². The van der Waals surface area contributed by atoms with Crippen LogP contribution in [0.25, 0.3) is 11.8 Å². The summed E-state index contributed by atoms with van der Waals surface area (Å²) in [7, 11) is 0. The van der Waals surface area contributed by atoms with E-state index in [1.165, 1.54) is 24.2 Å². The summed E-state index contributed by atoms with van der Waals surface area (Å²) in [6, 6.07) is 12.2. The Labute approximate surface area is 218 Å². The topological polar surface area (TPSA) is 79.0 Å². The van der Waals surface area contributed by atoms with Crippen LogP contribution in [-0.2, 0) is 15.0 Å². The second kappa shape index (κ2) is 9.13. The SMILES string of the molecule is CCCCN1C(=O)C(C#N)=C(C)/C(=C\c2cn(-c3ccccc3)nc2C23CC4CC(CC(C4)C2)C3)C1=O. The molecule has 1 aromatic heterocycles. The van der Waals surface area contributed by atoms with Crippen LogP contribution in [0.2, 0.25) is 0 Å². The molecule has 6 heteroatoms. The number of nitrogens with zero attached hydrogens (tertiary/aromatic N) is 4. The molecule has 0 radical (unpaired) electrons. The molecule has 2 aromatic rings. The van der Waals surface area contributed by atoms with Crippen molar-refractivity contribution in [1.29, 1.82) is 5.26 Å². The largest absolute Gasteiger partial charge is 0.274 e. The van der Waals surface area contributed by atoms with Gasteiger partial charge in [-0.2, -0.15) is 10.4 Å². The lowest BCUT2D eigenvalue weighted by Crippen LogP contribution is -2.49. The van der Waals surface area contributed by atoms with E-state index in [1.54, 1.807) is 6.92 Å². The molecule has 6 nitrogen and oxygen atoms in total. The van der Waals surface area contributed by atoms with Crippen molar-refractivity contribution in [3.05, 3.63) is 64.5 Å². The molecule has 0 saturated heterocycles. The third-order valence-electron chi connectivity index (χ3n) is 9.16. The Balaban J connectivity index is 1.50. The summed E-state index contributed by atoms with van der Waals surface area (Å²) in [6.07, 6.45) is 13.0. The van der Waals surface area contributed by atoms with Gasteiger partial charge in [-0.15, -0.1) is 0 Å². The van der Waals surface area contributed by atoms with Gasteiger partial charge in [0, 0.05) is 29.3 Å². The molecule has 7 rings (SSSR count). The number of imide groups is 1. The van der Waals surface area contributed by atoms with Gasteiger partial charge < -0.3 is 0 Å². The second-order valence-electron chi connectivity index (χ2n) is 11.7. The average Bonchev–Trinajstić information content (AvgIpc) is 3.32. The molecule has 4 aliphatic carbocycles. The Kier molecular flexibility index (Phi) is 5.90. The van der Waals surface area contributed by atoms with Crippen molar-refractivity contribution in [2.45, 2.75) is 70.6 Å². The molecule has 2 amide bonds. The van der Waals surface area contributed by atoms with Gasteiger partial charge in [0.15, 0.2) is 0 Å². The van der Waals surface area contributed by atoms with Crippen molar-refractivity contribution in [3.8, 4) is 11.8 Å². The molecule has 0 N–H and O–H groups in total. The van der Waals surface area contributed by atoms with E-state index in [-0.39, 0.29) is 16.9 Å². The fourth-order valence-electron chi connectivity index (χ4n) is 7.82. The molecule has 5 aliphatic rings. The molecular formula is C31H34N4O2. The van der Waals surface area contributed by atoms with Gasteiger partial charge in [0.05, 0.1) is 11.4 Å². The van der Waals surface area contributed by atoms with Crippen molar-refractivity contribution < 1.29 is 9.59 Å². The van der Waals surface area contributed by atoms with Crippen LogP contribution in [0.1, 0.15) is 76.5 Å². The maximum absolute atomic E-state index is 13.6. The molecule has 1 aromatic carbocycles. The first-order valence-electron chi connectivity index (χ1n) is 13.8. The highest BCUT2D eigenvalue weighted by Crippen LogP contribution is 2.61. The summed E-state index contributed by atoms with van der Waals surface area (Å²) in [5, 5.41) is 15.0. The highest BCUT2D eigenvalue weighted by molar-refractivity contribution is 6.19. The number of hydrogen-bond acceptors (Lipinski definition) is 4. The number of carbonyl (C=O) groups excluding carboxylic acids is 2. The third-order valence-corrected chi connectivity index (χ3v) is 9.16. The minimum absolute atomic E-state index is 0.0340. The molecule has 1 aliphatic heterocycles. The Hall–Kier alpha value is -3.46. The maximum atomic E-state index is 13.6. The molecule has 37 heavy (non-hydrogen) atoms. The average molecular weight is 495 g/mol. The highest BCUT2D eigenvalue weighted by atomic mass is 16.2. The Morgan fingerprint density at radius 3 is 2.30 bits per heavy atom. The Bertz CT molecular complexity index is 1320. The summed E-state index contributed by atoms with van der Waals surface area (Å²) >= 11 is 0. The van der Waals surface area contributed by atoms with E-state index in [2.05, 4.69) is 6.07 Å². The minimum Gasteiger partial charge on any atom is -0.274 e. The molecule has 0 unspecified atom stereocenters. The number of carbonyl (C=O) groups is 2. The number of nitriles is 1. The van der Waals surface area contributed by atoms with E-state index in [0.29, 0.717) is 24.1 Å². The van der Waals surface area contributed by atoms with Gasteiger partial charge in [0.2, 0.25) is 0 Å². The van der Waals surface area contributed by atoms with Crippen LogP contribution in [0.3, 0.4) is 0 Å². The lowest BCUT2D eigenvalue weighted by atomic mass is 9.48. The zero-order chi connectivity index (χ0) is 25.7. The van der Waals surface area contributed by atoms with Gasteiger partial charge in [-0.05, 0) is 93.4 Å². The molecule has 4 bridgehead atoms. The Morgan fingerprint density at radius 1 is 1.05 bits per heavy atom. The van der Waals surface area contributed by atoms with E-state index in [0.717, 1.165) is 60.4 Å². The van der Waals surface area contributed by atoms with Gasteiger partial charge in [0.25, 0.3) is 11.8 Å². The number of unbranched alkanes of at least 4 members (excludes halogenated alkanes) is 1. The summed E-state index contributed by atoms with van der Waals surface area (Å²) in [5.41, 5.74) is 4.01. The number of para-hydroxylation sites is 1. The number of amides is 2. The van der Waals surface area contributed by atoms with Gasteiger partial charge in [-0.3, -0.25) is 14.5 Å². The van der Waals surface area contributed by atoms with Gasteiger partial charge in [0.1, 0.15) is 11.6 Å². The minimum atomic E-state index is -0.475. The first-order valence-corrected chi connectivity index (χ1v) is 13.8. The first-order chi connectivity index (χ1) is 17.9. The van der Waals surface area contributed by atoms with Crippen molar-refractivity contribution in [1.82, 2.24) is 14.7 Å². The quantitative estimate of drug-likeness (QED) is 0.379. The molecule has 4 saturated carbocycles. The summed E-state index contributed by atoms with van der Waals surface area (Å²) in [5.74, 6) is 1.51.